The Morgan fingerprint density at radius 2 is 2.22 bits per heavy atom. The molecule has 98 valence electrons. The molecule has 4 heteroatoms. The van der Waals surface area contributed by atoms with Crippen molar-refractivity contribution in [1.29, 1.82) is 0 Å². The predicted octanol–water partition coefficient (Wildman–Crippen LogP) is 2.09. The Labute approximate surface area is 113 Å². The maximum atomic E-state index is 12.1. The minimum Gasteiger partial charge on any atom is -0.353 e. The van der Waals surface area contributed by atoms with Gasteiger partial charge >= 0.3 is 0 Å². The maximum Gasteiger partial charge on any atom is 0.236 e. The fourth-order valence-corrected chi connectivity index (χ4v) is 3.40. The van der Waals surface area contributed by atoms with Crippen LogP contribution in [0.4, 0.5) is 0 Å². The van der Waals surface area contributed by atoms with E-state index in [1.54, 1.807) is 11.8 Å². The summed E-state index contributed by atoms with van der Waals surface area (Å²) in [6.45, 7) is 2.52. The lowest BCUT2D eigenvalue weighted by atomic mass is 10.0. The van der Waals surface area contributed by atoms with E-state index in [1.165, 1.54) is 0 Å². The third kappa shape index (κ3) is 3.06. The van der Waals surface area contributed by atoms with Crippen molar-refractivity contribution in [2.75, 3.05) is 12.3 Å². The van der Waals surface area contributed by atoms with Gasteiger partial charge in [-0.05, 0) is 31.1 Å². The molecule has 1 aliphatic heterocycles. The van der Waals surface area contributed by atoms with Crippen LogP contribution in [0.25, 0.3) is 0 Å². The standard InChI is InChI=1S/C14H20N2OS/c1-14(8-5-9-18-14)13(17)16-10-12(15)11-6-3-2-4-7-11/h2-4,6-7,12H,5,8-10,15H2,1H3,(H,16,17). The molecule has 1 aromatic carbocycles. The molecule has 1 aromatic rings. The van der Waals surface area contributed by atoms with Crippen LogP contribution in [-0.2, 0) is 4.79 Å². The molecule has 0 spiro atoms. The highest BCUT2D eigenvalue weighted by Gasteiger charge is 2.36. The lowest BCUT2D eigenvalue weighted by Gasteiger charge is -2.23. The Hall–Kier alpha value is -1.00. The Morgan fingerprint density at radius 3 is 2.83 bits per heavy atom. The zero-order valence-electron chi connectivity index (χ0n) is 10.7. The normalized spacial score (nSPS) is 24.8. The number of carbonyl (C=O) groups is 1. The summed E-state index contributed by atoms with van der Waals surface area (Å²) in [6.07, 6.45) is 2.09. The molecular formula is C14H20N2OS. The Kier molecular flexibility index (Phi) is 4.30. The third-order valence-electron chi connectivity index (χ3n) is 3.41. The van der Waals surface area contributed by atoms with Gasteiger partial charge in [0.2, 0.25) is 5.91 Å². The van der Waals surface area contributed by atoms with Gasteiger partial charge in [-0.3, -0.25) is 4.79 Å². The lowest BCUT2D eigenvalue weighted by molar-refractivity contribution is -0.123. The van der Waals surface area contributed by atoms with Crippen molar-refractivity contribution >= 4 is 17.7 Å². The second-order valence-corrected chi connectivity index (χ2v) is 6.51. The van der Waals surface area contributed by atoms with Crippen LogP contribution in [0.1, 0.15) is 31.4 Å². The molecular weight excluding hydrogens is 244 g/mol. The second kappa shape index (κ2) is 5.76. The molecule has 0 aliphatic carbocycles. The van der Waals surface area contributed by atoms with E-state index in [4.69, 9.17) is 5.73 Å². The molecule has 18 heavy (non-hydrogen) atoms. The Morgan fingerprint density at radius 1 is 1.50 bits per heavy atom. The summed E-state index contributed by atoms with van der Waals surface area (Å²) in [5, 5.41) is 2.98. The summed E-state index contributed by atoms with van der Waals surface area (Å²) in [7, 11) is 0. The van der Waals surface area contributed by atoms with Crippen molar-refractivity contribution in [3.05, 3.63) is 35.9 Å². The monoisotopic (exact) mass is 264 g/mol. The molecule has 2 unspecified atom stereocenters. The zero-order chi connectivity index (χ0) is 13.0. The summed E-state index contributed by atoms with van der Waals surface area (Å²) in [4.78, 5) is 12.1. The number of thioether (sulfide) groups is 1. The predicted molar refractivity (Wildman–Crippen MR) is 76.5 cm³/mol. The molecule has 0 radical (unpaired) electrons. The lowest BCUT2D eigenvalue weighted by Crippen LogP contribution is -2.43. The highest BCUT2D eigenvalue weighted by molar-refractivity contribution is 8.01. The van der Waals surface area contributed by atoms with E-state index in [0.717, 1.165) is 24.2 Å². The molecule has 1 saturated heterocycles. The molecule has 3 N–H and O–H groups in total. The van der Waals surface area contributed by atoms with Gasteiger partial charge in [0, 0.05) is 12.6 Å². The molecule has 3 nitrogen and oxygen atoms in total. The molecule has 0 bridgehead atoms. The van der Waals surface area contributed by atoms with Crippen molar-refractivity contribution in [2.24, 2.45) is 5.73 Å². The Bertz CT molecular complexity index is 402. The van der Waals surface area contributed by atoms with Crippen molar-refractivity contribution < 1.29 is 4.79 Å². The first-order valence-electron chi connectivity index (χ1n) is 6.34. The fraction of sp³-hybridized carbons (Fsp3) is 0.500. The quantitative estimate of drug-likeness (QED) is 0.875. The van der Waals surface area contributed by atoms with Crippen LogP contribution in [-0.4, -0.2) is 23.0 Å². The average molecular weight is 264 g/mol. The average Bonchev–Trinajstić information content (AvgIpc) is 2.85. The molecule has 0 aromatic heterocycles. The zero-order valence-corrected chi connectivity index (χ0v) is 11.5. The molecule has 1 heterocycles. The van der Waals surface area contributed by atoms with E-state index < -0.39 is 0 Å². The first-order chi connectivity index (χ1) is 8.62. The molecule has 2 rings (SSSR count). The maximum absolute atomic E-state index is 12.1. The first-order valence-corrected chi connectivity index (χ1v) is 7.33. The highest BCUT2D eigenvalue weighted by atomic mass is 32.2. The first kappa shape index (κ1) is 13.4. The molecule has 1 fully saturated rings. The van der Waals surface area contributed by atoms with Crippen LogP contribution in [0, 0.1) is 0 Å². The number of rotatable bonds is 4. The molecule has 1 aliphatic rings. The van der Waals surface area contributed by atoms with Gasteiger partial charge in [0.1, 0.15) is 0 Å². The SMILES string of the molecule is CC1(C(=O)NCC(N)c2ccccc2)CCCS1. The van der Waals surface area contributed by atoms with E-state index in [0.29, 0.717) is 6.54 Å². The minimum absolute atomic E-state index is 0.122. The van der Waals surface area contributed by atoms with Crippen molar-refractivity contribution in [3.63, 3.8) is 0 Å². The molecule has 1 amide bonds. The van der Waals surface area contributed by atoms with Gasteiger partial charge in [-0.2, -0.15) is 0 Å². The summed E-state index contributed by atoms with van der Waals surface area (Å²) in [5.41, 5.74) is 7.12. The van der Waals surface area contributed by atoms with E-state index in [1.807, 2.05) is 37.3 Å². The number of hydrogen-bond donors (Lipinski definition) is 2. The van der Waals surface area contributed by atoms with E-state index in [9.17, 15) is 4.79 Å². The number of carbonyl (C=O) groups excluding carboxylic acids is 1. The van der Waals surface area contributed by atoms with E-state index >= 15 is 0 Å². The van der Waals surface area contributed by atoms with Crippen LogP contribution >= 0.6 is 11.8 Å². The van der Waals surface area contributed by atoms with Gasteiger partial charge in [-0.1, -0.05) is 30.3 Å². The minimum atomic E-state index is -0.254. The van der Waals surface area contributed by atoms with Gasteiger partial charge in [0.25, 0.3) is 0 Å². The number of benzene rings is 1. The highest BCUT2D eigenvalue weighted by Crippen LogP contribution is 2.37. The topological polar surface area (TPSA) is 55.1 Å². The molecule has 0 saturated carbocycles. The van der Waals surface area contributed by atoms with E-state index in [2.05, 4.69) is 5.32 Å². The summed E-state index contributed by atoms with van der Waals surface area (Å²) in [6, 6.07) is 9.73. The third-order valence-corrected chi connectivity index (χ3v) is 4.93. The fourth-order valence-electron chi connectivity index (χ4n) is 2.17. The smallest absolute Gasteiger partial charge is 0.236 e. The van der Waals surface area contributed by atoms with Crippen LogP contribution in [0.2, 0.25) is 0 Å². The van der Waals surface area contributed by atoms with Gasteiger partial charge in [-0.15, -0.1) is 11.8 Å². The summed E-state index contributed by atoms with van der Waals surface area (Å²) >= 11 is 1.75. The van der Waals surface area contributed by atoms with Crippen LogP contribution in [0.15, 0.2) is 30.3 Å². The molecule has 2 atom stereocenters. The van der Waals surface area contributed by atoms with Gasteiger partial charge in [-0.25, -0.2) is 0 Å². The number of hydrogen-bond acceptors (Lipinski definition) is 3. The van der Waals surface area contributed by atoms with Crippen LogP contribution in [0.3, 0.4) is 0 Å². The van der Waals surface area contributed by atoms with E-state index in [-0.39, 0.29) is 16.7 Å². The number of nitrogens with two attached hydrogens (primary N) is 1. The van der Waals surface area contributed by atoms with Gasteiger partial charge in [0.05, 0.1) is 4.75 Å². The largest absolute Gasteiger partial charge is 0.353 e. The van der Waals surface area contributed by atoms with Crippen molar-refractivity contribution in [2.45, 2.75) is 30.6 Å². The summed E-state index contributed by atoms with van der Waals surface area (Å²) in [5.74, 6) is 1.20. The number of nitrogens with one attached hydrogen (secondary N) is 1. The summed E-state index contributed by atoms with van der Waals surface area (Å²) < 4.78 is -0.254. The second-order valence-electron chi connectivity index (χ2n) is 4.91. The van der Waals surface area contributed by atoms with Crippen LogP contribution in [0.5, 0.6) is 0 Å². The Balaban J connectivity index is 1.86. The van der Waals surface area contributed by atoms with Gasteiger partial charge in [0.15, 0.2) is 0 Å². The van der Waals surface area contributed by atoms with Crippen molar-refractivity contribution in [3.8, 4) is 0 Å². The van der Waals surface area contributed by atoms with Crippen LogP contribution < -0.4 is 11.1 Å². The number of amides is 1. The van der Waals surface area contributed by atoms with Gasteiger partial charge < -0.3 is 11.1 Å². The van der Waals surface area contributed by atoms with Crippen molar-refractivity contribution in [1.82, 2.24) is 5.32 Å².